The number of hydrogen-bond donors (Lipinski definition) is 2. The number of ether oxygens (including phenoxy) is 1. The molecule has 112 valence electrons. The van der Waals surface area contributed by atoms with Gasteiger partial charge in [0.15, 0.2) is 0 Å². The molecule has 0 aliphatic carbocycles. The van der Waals surface area contributed by atoms with Gasteiger partial charge in [0.25, 0.3) is 0 Å². The van der Waals surface area contributed by atoms with Crippen LogP contribution in [0.5, 0.6) is 0 Å². The number of nitrogens with one attached hydrogen (secondary N) is 1. The molecule has 1 aliphatic rings. The normalized spacial score (nSPS) is 20.3. The first-order chi connectivity index (χ1) is 9.60. The monoisotopic (exact) mass is 281 g/mol. The summed E-state index contributed by atoms with van der Waals surface area (Å²) in [6.45, 7) is 6.97. The highest BCUT2D eigenvalue weighted by Gasteiger charge is 2.21. The zero-order chi connectivity index (χ0) is 14.5. The van der Waals surface area contributed by atoms with Crippen LogP contribution in [0.25, 0.3) is 0 Å². The van der Waals surface area contributed by atoms with Crippen molar-refractivity contribution in [2.75, 3.05) is 38.1 Å². The van der Waals surface area contributed by atoms with Crippen LogP contribution in [0.15, 0.2) is 12.3 Å². The lowest BCUT2D eigenvalue weighted by molar-refractivity contribution is -0.119. The average molecular weight is 281 g/mol. The van der Waals surface area contributed by atoms with Gasteiger partial charge < -0.3 is 15.8 Å². The third-order valence-electron chi connectivity index (χ3n) is 3.28. The highest BCUT2D eigenvalue weighted by molar-refractivity contribution is 5.91. The molecule has 1 amide bonds. The first-order valence-electron chi connectivity index (χ1n) is 6.97. The van der Waals surface area contributed by atoms with Gasteiger partial charge >= 0.3 is 0 Å². The summed E-state index contributed by atoms with van der Waals surface area (Å²) in [5.74, 6) is 0.693. The number of anilines is 1. The van der Waals surface area contributed by atoms with E-state index in [0.717, 1.165) is 12.4 Å². The van der Waals surface area contributed by atoms with Crippen molar-refractivity contribution in [3.63, 3.8) is 0 Å². The number of rotatable bonds is 5. The van der Waals surface area contributed by atoms with E-state index in [1.165, 1.54) is 0 Å². The number of amides is 1. The first kappa shape index (κ1) is 15.0. The minimum Gasteiger partial charge on any atom is -0.374 e. The maximum atomic E-state index is 12.1. The van der Waals surface area contributed by atoms with E-state index < -0.39 is 0 Å². The van der Waals surface area contributed by atoms with E-state index in [1.807, 2.05) is 13.8 Å². The van der Waals surface area contributed by atoms with E-state index in [2.05, 4.69) is 15.3 Å². The predicted octanol–water partition coefficient (Wildman–Crippen LogP) is 0.0620. The topological polar surface area (TPSA) is 85.4 Å². The first-order valence-corrected chi connectivity index (χ1v) is 6.97. The van der Waals surface area contributed by atoms with Gasteiger partial charge in [0.1, 0.15) is 5.82 Å². The van der Waals surface area contributed by atoms with Gasteiger partial charge in [-0.05, 0) is 13.8 Å². The highest BCUT2D eigenvalue weighted by atomic mass is 16.5. The van der Waals surface area contributed by atoms with Crippen molar-refractivity contribution >= 4 is 11.7 Å². The van der Waals surface area contributed by atoms with Gasteiger partial charge in [0.2, 0.25) is 5.91 Å². The molecule has 1 atom stereocenters. The van der Waals surface area contributed by atoms with Crippen molar-refractivity contribution in [2.45, 2.75) is 26.0 Å². The number of nitrogens with two attached hydrogens (primary N) is 1. The summed E-state index contributed by atoms with van der Waals surface area (Å²) in [4.78, 5) is 14.1. The molecule has 0 bridgehead atoms. The smallest absolute Gasteiger partial charge is 0.239 e. The second kappa shape index (κ2) is 6.83. The van der Waals surface area contributed by atoms with Crippen molar-refractivity contribution in [2.24, 2.45) is 5.73 Å². The summed E-state index contributed by atoms with van der Waals surface area (Å²) in [7, 11) is 0. The Morgan fingerprint density at radius 2 is 2.45 bits per heavy atom. The molecule has 7 nitrogen and oxygen atoms in total. The van der Waals surface area contributed by atoms with Gasteiger partial charge in [-0.1, -0.05) is 0 Å². The summed E-state index contributed by atoms with van der Waals surface area (Å²) in [5.41, 5.74) is 5.60. The molecule has 0 saturated carbocycles. The lowest BCUT2D eigenvalue weighted by Crippen LogP contribution is -2.48. The molecule has 0 aromatic carbocycles. The highest BCUT2D eigenvalue weighted by Crippen LogP contribution is 2.13. The fraction of sp³-hybridized carbons (Fsp3) is 0.692. The Kier molecular flexibility index (Phi) is 5.11. The van der Waals surface area contributed by atoms with Gasteiger partial charge in [-0.25, -0.2) is 4.68 Å². The molecule has 7 heteroatoms. The number of nitrogens with zero attached hydrogens (tertiary/aromatic N) is 3. The fourth-order valence-electron chi connectivity index (χ4n) is 2.28. The Bertz CT molecular complexity index is 446. The quantitative estimate of drug-likeness (QED) is 0.797. The van der Waals surface area contributed by atoms with E-state index in [-0.39, 0.29) is 18.1 Å². The van der Waals surface area contributed by atoms with E-state index in [1.54, 1.807) is 16.9 Å². The van der Waals surface area contributed by atoms with Crippen LogP contribution < -0.4 is 11.1 Å². The summed E-state index contributed by atoms with van der Waals surface area (Å²) in [6, 6.07) is 2.02. The SMILES string of the molecule is CC(C)n1nccc1NC(=O)CN1CCOC(CN)C1. The summed E-state index contributed by atoms with van der Waals surface area (Å²) >= 11 is 0. The largest absolute Gasteiger partial charge is 0.374 e. The molecular weight excluding hydrogens is 258 g/mol. The third kappa shape index (κ3) is 3.78. The number of morpholine rings is 1. The van der Waals surface area contributed by atoms with Gasteiger partial charge in [-0.2, -0.15) is 5.10 Å². The van der Waals surface area contributed by atoms with Crippen molar-refractivity contribution < 1.29 is 9.53 Å². The van der Waals surface area contributed by atoms with Gasteiger partial charge in [0.05, 0.1) is 25.5 Å². The molecule has 2 rings (SSSR count). The van der Waals surface area contributed by atoms with Crippen LogP contribution in [0.4, 0.5) is 5.82 Å². The number of carbonyl (C=O) groups excluding carboxylic acids is 1. The predicted molar refractivity (Wildman–Crippen MR) is 76.5 cm³/mol. The average Bonchev–Trinajstić information content (AvgIpc) is 2.87. The summed E-state index contributed by atoms with van der Waals surface area (Å²) in [5, 5.41) is 7.09. The second-order valence-corrected chi connectivity index (χ2v) is 5.27. The Labute approximate surface area is 119 Å². The summed E-state index contributed by atoms with van der Waals surface area (Å²) in [6.07, 6.45) is 1.71. The fourth-order valence-corrected chi connectivity index (χ4v) is 2.28. The number of aromatic nitrogens is 2. The molecule has 1 saturated heterocycles. The lowest BCUT2D eigenvalue weighted by Gasteiger charge is -2.31. The Morgan fingerprint density at radius 3 is 3.15 bits per heavy atom. The van der Waals surface area contributed by atoms with Crippen molar-refractivity contribution in [3.05, 3.63) is 12.3 Å². The van der Waals surface area contributed by atoms with E-state index in [4.69, 9.17) is 10.5 Å². The second-order valence-electron chi connectivity index (χ2n) is 5.27. The maximum absolute atomic E-state index is 12.1. The molecule has 0 spiro atoms. The minimum absolute atomic E-state index is 0.0257. The standard InChI is InChI=1S/C13H23N5O2/c1-10(2)18-12(3-4-15-18)16-13(19)9-17-5-6-20-11(7-14)8-17/h3-4,10-11H,5-9,14H2,1-2H3,(H,16,19). The zero-order valence-corrected chi connectivity index (χ0v) is 12.1. The number of carbonyl (C=O) groups is 1. The Morgan fingerprint density at radius 1 is 1.65 bits per heavy atom. The van der Waals surface area contributed by atoms with Crippen LogP contribution in [-0.4, -0.2) is 59.5 Å². The van der Waals surface area contributed by atoms with Gasteiger partial charge in [-0.15, -0.1) is 0 Å². The van der Waals surface area contributed by atoms with Crippen molar-refractivity contribution in [1.29, 1.82) is 0 Å². The maximum Gasteiger partial charge on any atom is 0.239 e. The van der Waals surface area contributed by atoms with Crippen molar-refractivity contribution in [3.8, 4) is 0 Å². The molecular formula is C13H23N5O2. The Hall–Kier alpha value is -1.44. The molecule has 1 fully saturated rings. The van der Waals surface area contributed by atoms with Crippen LogP contribution in [0.2, 0.25) is 0 Å². The third-order valence-corrected chi connectivity index (χ3v) is 3.28. The summed E-state index contributed by atoms with van der Waals surface area (Å²) < 4.78 is 7.27. The molecule has 3 N–H and O–H groups in total. The van der Waals surface area contributed by atoms with Crippen LogP contribution in [0, 0.1) is 0 Å². The molecule has 1 aromatic heterocycles. The molecule has 1 aromatic rings. The molecule has 1 unspecified atom stereocenters. The van der Waals surface area contributed by atoms with Crippen LogP contribution in [0.1, 0.15) is 19.9 Å². The van der Waals surface area contributed by atoms with E-state index in [0.29, 0.717) is 26.2 Å². The molecule has 20 heavy (non-hydrogen) atoms. The van der Waals surface area contributed by atoms with Gasteiger partial charge in [-0.3, -0.25) is 9.69 Å². The van der Waals surface area contributed by atoms with Crippen LogP contribution >= 0.6 is 0 Å². The van der Waals surface area contributed by atoms with Crippen LogP contribution in [-0.2, 0) is 9.53 Å². The molecule has 0 radical (unpaired) electrons. The van der Waals surface area contributed by atoms with E-state index >= 15 is 0 Å². The minimum atomic E-state index is -0.0370. The van der Waals surface area contributed by atoms with E-state index in [9.17, 15) is 4.79 Å². The van der Waals surface area contributed by atoms with Crippen LogP contribution in [0.3, 0.4) is 0 Å². The zero-order valence-electron chi connectivity index (χ0n) is 12.1. The van der Waals surface area contributed by atoms with Crippen molar-refractivity contribution in [1.82, 2.24) is 14.7 Å². The molecule has 1 aliphatic heterocycles. The lowest BCUT2D eigenvalue weighted by atomic mass is 10.2. The number of hydrogen-bond acceptors (Lipinski definition) is 5. The molecule has 2 heterocycles. The van der Waals surface area contributed by atoms with Gasteiger partial charge in [0, 0.05) is 31.7 Å². The Balaban J connectivity index is 1.87.